The number of carbonyl (C=O) groups excluding carboxylic acids is 1. The third-order valence-electron chi connectivity index (χ3n) is 3.71. The fourth-order valence-electron chi connectivity index (χ4n) is 2.40. The minimum atomic E-state index is -2.63. The molecule has 2 nitrogen and oxygen atoms in total. The van der Waals surface area contributed by atoms with Crippen LogP contribution < -0.4 is 0 Å². The smallest absolute Gasteiger partial charge is 0.310 e. The highest BCUT2D eigenvalue weighted by Crippen LogP contribution is 2.62. The van der Waals surface area contributed by atoms with Gasteiger partial charge in [0.05, 0.1) is 5.92 Å². The number of hydrogen-bond acceptors (Lipinski definition) is 2. The van der Waals surface area contributed by atoms with Gasteiger partial charge in [-0.05, 0) is 32.1 Å². The fourth-order valence-corrected chi connectivity index (χ4v) is 2.40. The van der Waals surface area contributed by atoms with E-state index in [1.165, 1.54) is 0 Å². The number of rotatable bonds is 2. The molecule has 0 spiro atoms. The lowest BCUT2D eigenvalue weighted by molar-refractivity contribution is -0.157. The van der Waals surface area contributed by atoms with E-state index in [9.17, 15) is 13.6 Å². The fraction of sp³-hybridized carbons (Fsp3) is 0.786. The Labute approximate surface area is 106 Å². The van der Waals surface area contributed by atoms with Gasteiger partial charge in [-0.15, -0.1) is 0 Å². The number of allylic oxidation sites excluding steroid dienone is 2. The molecule has 0 bridgehead atoms. The van der Waals surface area contributed by atoms with Gasteiger partial charge in [-0.25, -0.2) is 8.78 Å². The van der Waals surface area contributed by atoms with Crippen molar-refractivity contribution in [1.29, 1.82) is 0 Å². The maximum atomic E-state index is 12.9. The second-order valence-corrected chi connectivity index (χ2v) is 6.93. The van der Waals surface area contributed by atoms with Gasteiger partial charge in [0.1, 0.15) is 5.60 Å². The first kappa shape index (κ1) is 13.5. The van der Waals surface area contributed by atoms with Crippen LogP contribution in [0, 0.1) is 17.3 Å². The maximum Gasteiger partial charge on any atom is 0.310 e. The summed E-state index contributed by atoms with van der Waals surface area (Å²) in [5.41, 5.74) is -0.628. The molecule has 0 saturated heterocycles. The van der Waals surface area contributed by atoms with Crippen molar-refractivity contribution < 1.29 is 18.3 Å². The first-order valence-corrected chi connectivity index (χ1v) is 6.27. The highest BCUT2D eigenvalue weighted by Gasteiger charge is 2.64. The molecular formula is C14H20F2O2. The average Bonchev–Trinajstić information content (AvgIpc) is 2.85. The molecule has 0 heterocycles. The molecule has 2 atom stereocenters. The normalized spacial score (nSPS) is 34.3. The summed E-state index contributed by atoms with van der Waals surface area (Å²) in [7, 11) is 0. The average molecular weight is 258 g/mol. The second-order valence-electron chi connectivity index (χ2n) is 6.93. The SMILES string of the molecule is CC(C)(C)OC(=O)[C@@H]1[C@H](C=C2CC2(F)F)C1(C)C. The van der Waals surface area contributed by atoms with Crippen LogP contribution in [-0.2, 0) is 9.53 Å². The van der Waals surface area contributed by atoms with E-state index in [0.29, 0.717) is 0 Å². The lowest BCUT2D eigenvalue weighted by Crippen LogP contribution is -2.26. The first-order valence-electron chi connectivity index (χ1n) is 6.27. The molecular weight excluding hydrogens is 238 g/mol. The van der Waals surface area contributed by atoms with Crippen molar-refractivity contribution in [3.05, 3.63) is 11.6 Å². The molecule has 0 aromatic carbocycles. The minimum absolute atomic E-state index is 0.115. The summed E-state index contributed by atoms with van der Waals surface area (Å²) in [4.78, 5) is 12.0. The quantitative estimate of drug-likeness (QED) is 0.559. The van der Waals surface area contributed by atoms with E-state index < -0.39 is 11.5 Å². The second kappa shape index (κ2) is 3.55. The molecule has 2 fully saturated rings. The number of hydrogen-bond donors (Lipinski definition) is 0. The zero-order chi connectivity index (χ0) is 13.9. The number of esters is 1. The molecule has 0 unspecified atom stereocenters. The molecule has 0 aromatic rings. The van der Waals surface area contributed by atoms with Gasteiger partial charge in [0, 0.05) is 12.0 Å². The molecule has 18 heavy (non-hydrogen) atoms. The molecule has 0 radical (unpaired) electrons. The molecule has 102 valence electrons. The third kappa shape index (κ3) is 2.43. The van der Waals surface area contributed by atoms with E-state index in [-0.39, 0.29) is 35.2 Å². The van der Waals surface area contributed by atoms with Crippen LogP contribution in [0.4, 0.5) is 8.78 Å². The monoisotopic (exact) mass is 258 g/mol. The predicted octanol–water partition coefficient (Wildman–Crippen LogP) is 3.57. The van der Waals surface area contributed by atoms with E-state index in [1.54, 1.807) is 6.08 Å². The summed E-state index contributed by atoms with van der Waals surface area (Å²) < 4.78 is 31.0. The van der Waals surface area contributed by atoms with Gasteiger partial charge in [-0.2, -0.15) is 0 Å². The van der Waals surface area contributed by atoms with Crippen molar-refractivity contribution in [1.82, 2.24) is 0 Å². The zero-order valence-corrected chi connectivity index (χ0v) is 11.5. The Morgan fingerprint density at radius 2 is 1.89 bits per heavy atom. The van der Waals surface area contributed by atoms with Crippen LogP contribution in [0.15, 0.2) is 11.6 Å². The van der Waals surface area contributed by atoms with E-state index >= 15 is 0 Å². The molecule has 0 amide bonds. The lowest BCUT2D eigenvalue weighted by atomic mass is 10.1. The Kier molecular flexibility index (Phi) is 2.66. The number of halogens is 2. The summed E-state index contributed by atoms with van der Waals surface area (Å²) >= 11 is 0. The lowest BCUT2D eigenvalue weighted by Gasteiger charge is -2.19. The van der Waals surface area contributed by atoms with Crippen molar-refractivity contribution in [3.63, 3.8) is 0 Å². The topological polar surface area (TPSA) is 26.3 Å². The summed E-state index contributed by atoms with van der Waals surface area (Å²) in [5, 5.41) is 0. The molecule has 4 heteroatoms. The standard InChI is InChI=1S/C14H20F2O2/c1-12(2,3)18-11(17)10-9(13(10,4)5)6-8-7-14(8,15)16/h6,9-10H,7H2,1-5H3/t9-,10-/m0/s1. The minimum Gasteiger partial charge on any atom is -0.460 e. The van der Waals surface area contributed by atoms with Crippen LogP contribution in [-0.4, -0.2) is 17.5 Å². The van der Waals surface area contributed by atoms with Gasteiger partial charge >= 0.3 is 5.97 Å². The van der Waals surface area contributed by atoms with Gasteiger partial charge in [-0.1, -0.05) is 19.9 Å². The van der Waals surface area contributed by atoms with Crippen LogP contribution in [0.1, 0.15) is 41.0 Å². The molecule has 2 saturated carbocycles. The Hall–Kier alpha value is -0.930. The number of alkyl halides is 2. The Bertz CT molecular complexity index is 416. The first-order chi connectivity index (χ1) is 7.95. The predicted molar refractivity (Wildman–Crippen MR) is 64.3 cm³/mol. The molecule has 0 aliphatic heterocycles. The van der Waals surface area contributed by atoms with Crippen LogP contribution >= 0.6 is 0 Å². The van der Waals surface area contributed by atoms with Crippen LogP contribution in [0.3, 0.4) is 0 Å². The van der Waals surface area contributed by atoms with Gasteiger partial charge in [0.2, 0.25) is 0 Å². The van der Waals surface area contributed by atoms with Crippen molar-refractivity contribution in [3.8, 4) is 0 Å². The summed E-state index contributed by atoms with van der Waals surface area (Å²) in [5.74, 6) is -3.31. The highest BCUT2D eigenvalue weighted by atomic mass is 19.3. The van der Waals surface area contributed by atoms with Crippen molar-refractivity contribution in [2.24, 2.45) is 17.3 Å². The van der Waals surface area contributed by atoms with Crippen molar-refractivity contribution in [2.75, 3.05) is 0 Å². The van der Waals surface area contributed by atoms with Gasteiger partial charge < -0.3 is 4.74 Å². The van der Waals surface area contributed by atoms with Crippen LogP contribution in [0.2, 0.25) is 0 Å². The summed E-state index contributed by atoms with van der Waals surface area (Å²) in [6.07, 6.45) is 1.43. The van der Waals surface area contributed by atoms with E-state index in [4.69, 9.17) is 4.74 Å². The van der Waals surface area contributed by atoms with Gasteiger partial charge in [-0.3, -0.25) is 4.79 Å². The Morgan fingerprint density at radius 3 is 2.28 bits per heavy atom. The summed E-state index contributed by atoms with van der Waals surface area (Å²) in [6, 6.07) is 0. The largest absolute Gasteiger partial charge is 0.460 e. The van der Waals surface area contributed by atoms with Gasteiger partial charge in [0.25, 0.3) is 5.92 Å². The molecule has 0 N–H and O–H groups in total. The maximum absolute atomic E-state index is 12.9. The number of carbonyl (C=O) groups is 1. The van der Waals surface area contributed by atoms with Crippen molar-refractivity contribution in [2.45, 2.75) is 52.6 Å². The Balaban J connectivity index is 2.04. The van der Waals surface area contributed by atoms with E-state index in [2.05, 4.69) is 0 Å². The van der Waals surface area contributed by atoms with E-state index in [0.717, 1.165) is 0 Å². The number of ether oxygens (including phenoxy) is 1. The summed E-state index contributed by atoms with van der Waals surface area (Å²) in [6.45, 7) is 9.27. The van der Waals surface area contributed by atoms with Crippen LogP contribution in [0.25, 0.3) is 0 Å². The molecule has 2 rings (SSSR count). The molecule has 2 aliphatic carbocycles. The van der Waals surface area contributed by atoms with Crippen molar-refractivity contribution >= 4 is 5.97 Å². The highest BCUT2D eigenvalue weighted by molar-refractivity contribution is 5.78. The van der Waals surface area contributed by atoms with Crippen LogP contribution in [0.5, 0.6) is 0 Å². The molecule has 0 aromatic heterocycles. The van der Waals surface area contributed by atoms with E-state index in [1.807, 2.05) is 34.6 Å². The third-order valence-corrected chi connectivity index (χ3v) is 3.71. The molecule has 2 aliphatic rings. The zero-order valence-electron chi connectivity index (χ0n) is 11.5. The Morgan fingerprint density at radius 1 is 1.39 bits per heavy atom. The van der Waals surface area contributed by atoms with Gasteiger partial charge in [0.15, 0.2) is 0 Å².